The summed E-state index contributed by atoms with van der Waals surface area (Å²) in [6.45, 7) is 1.98. The maximum absolute atomic E-state index is 11.7. The smallest absolute Gasteiger partial charge is 0.313 e. The predicted octanol–water partition coefficient (Wildman–Crippen LogP) is 2.59. The Labute approximate surface area is 108 Å². The van der Waals surface area contributed by atoms with Crippen LogP contribution in [0.15, 0.2) is 22.7 Å². The monoisotopic (exact) mass is 300 g/mol. The average Bonchev–Trinajstić information content (AvgIpc) is 2.29. The van der Waals surface area contributed by atoms with Gasteiger partial charge in [-0.25, -0.2) is 0 Å². The second kappa shape index (κ2) is 6.39. The molecule has 1 aromatic carbocycles. The predicted molar refractivity (Wildman–Crippen MR) is 66.3 cm³/mol. The topological polar surface area (TPSA) is 52.6 Å². The molecule has 1 rings (SSSR count). The Morgan fingerprint density at radius 2 is 2.06 bits per heavy atom. The lowest BCUT2D eigenvalue weighted by atomic mass is 10.1. The van der Waals surface area contributed by atoms with Crippen molar-refractivity contribution in [3.63, 3.8) is 0 Å². The van der Waals surface area contributed by atoms with Crippen molar-refractivity contribution in [3.8, 4) is 5.75 Å². The lowest BCUT2D eigenvalue weighted by Gasteiger charge is -2.05. The maximum atomic E-state index is 11.7. The molecule has 17 heavy (non-hydrogen) atoms. The summed E-state index contributed by atoms with van der Waals surface area (Å²) in [5.41, 5.74) is 0.450. The third kappa shape index (κ3) is 3.85. The number of carbonyl (C=O) groups excluding carboxylic acids is 2. The van der Waals surface area contributed by atoms with Gasteiger partial charge in [-0.1, -0.05) is 0 Å². The number of carbonyl (C=O) groups is 2. The van der Waals surface area contributed by atoms with Crippen molar-refractivity contribution in [2.24, 2.45) is 0 Å². The second-order valence-electron chi connectivity index (χ2n) is 3.25. The molecule has 0 heterocycles. The van der Waals surface area contributed by atoms with Gasteiger partial charge in [0.2, 0.25) is 0 Å². The number of Topliss-reactive ketones (excluding diaryl/α,β-unsaturated/α-hetero) is 1. The summed E-state index contributed by atoms with van der Waals surface area (Å²) in [7, 11) is 1.54. The van der Waals surface area contributed by atoms with E-state index in [-0.39, 0.29) is 18.8 Å². The van der Waals surface area contributed by atoms with Crippen LogP contribution in [0.1, 0.15) is 23.7 Å². The van der Waals surface area contributed by atoms with Crippen LogP contribution in [-0.2, 0) is 9.53 Å². The normalized spacial score (nSPS) is 9.82. The zero-order valence-corrected chi connectivity index (χ0v) is 11.2. The molecule has 92 valence electrons. The zero-order chi connectivity index (χ0) is 12.8. The number of benzene rings is 1. The van der Waals surface area contributed by atoms with Crippen LogP contribution in [0.25, 0.3) is 0 Å². The number of ether oxygens (including phenoxy) is 2. The molecule has 0 saturated carbocycles. The molecule has 0 amide bonds. The molecule has 0 aromatic heterocycles. The Hall–Kier alpha value is -1.36. The molecule has 0 unspecified atom stereocenters. The molecule has 0 bridgehead atoms. The number of ketones is 1. The van der Waals surface area contributed by atoms with E-state index in [4.69, 9.17) is 9.47 Å². The van der Waals surface area contributed by atoms with Crippen molar-refractivity contribution in [2.75, 3.05) is 13.7 Å². The highest BCUT2D eigenvalue weighted by atomic mass is 79.9. The molecular weight excluding hydrogens is 288 g/mol. The van der Waals surface area contributed by atoms with E-state index in [1.807, 2.05) is 0 Å². The first kappa shape index (κ1) is 13.7. The number of esters is 1. The van der Waals surface area contributed by atoms with E-state index in [0.29, 0.717) is 15.8 Å². The highest BCUT2D eigenvalue weighted by molar-refractivity contribution is 9.10. The van der Waals surface area contributed by atoms with Gasteiger partial charge >= 0.3 is 5.97 Å². The minimum Gasteiger partial charge on any atom is -0.496 e. The fourth-order valence-electron chi connectivity index (χ4n) is 1.29. The van der Waals surface area contributed by atoms with Crippen LogP contribution in [0.4, 0.5) is 0 Å². The van der Waals surface area contributed by atoms with Gasteiger partial charge in [-0.05, 0) is 41.1 Å². The van der Waals surface area contributed by atoms with Crippen LogP contribution in [0.3, 0.4) is 0 Å². The van der Waals surface area contributed by atoms with Gasteiger partial charge in [0, 0.05) is 5.56 Å². The summed E-state index contributed by atoms with van der Waals surface area (Å²) in [5, 5.41) is 0. The van der Waals surface area contributed by atoms with Gasteiger partial charge in [0.1, 0.15) is 12.2 Å². The number of halogens is 1. The molecule has 0 aliphatic carbocycles. The average molecular weight is 301 g/mol. The first-order valence-corrected chi connectivity index (χ1v) is 5.90. The summed E-state index contributed by atoms with van der Waals surface area (Å²) < 4.78 is 10.4. The van der Waals surface area contributed by atoms with E-state index in [0.717, 1.165) is 0 Å². The van der Waals surface area contributed by atoms with E-state index >= 15 is 0 Å². The first-order valence-electron chi connectivity index (χ1n) is 5.10. The van der Waals surface area contributed by atoms with Gasteiger partial charge in [-0.15, -0.1) is 0 Å². The van der Waals surface area contributed by atoms with Crippen LogP contribution in [0, 0.1) is 0 Å². The quantitative estimate of drug-likeness (QED) is 0.476. The van der Waals surface area contributed by atoms with Gasteiger partial charge in [-0.3, -0.25) is 9.59 Å². The molecule has 0 radical (unpaired) electrons. The standard InChI is InChI=1S/C12H13BrO4/c1-3-17-12(15)7-10(14)8-4-5-11(16-2)9(13)6-8/h4-6H,3,7H2,1-2H3. The van der Waals surface area contributed by atoms with Crippen LogP contribution >= 0.6 is 15.9 Å². The van der Waals surface area contributed by atoms with E-state index < -0.39 is 5.97 Å². The molecule has 0 saturated heterocycles. The lowest BCUT2D eigenvalue weighted by molar-refractivity contribution is -0.141. The van der Waals surface area contributed by atoms with E-state index in [2.05, 4.69) is 15.9 Å². The minimum atomic E-state index is -0.510. The molecule has 0 atom stereocenters. The second-order valence-corrected chi connectivity index (χ2v) is 4.11. The van der Waals surface area contributed by atoms with Crippen LogP contribution in [0.2, 0.25) is 0 Å². The number of hydrogen-bond donors (Lipinski definition) is 0. The molecule has 0 N–H and O–H groups in total. The highest BCUT2D eigenvalue weighted by Crippen LogP contribution is 2.25. The van der Waals surface area contributed by atoms with Crippen LogP contribution in [0.5, 0.6) is 5.75 Å². The van der Waals surface area contributed by atoms with Gasteiger partial charge in [-0.2, -0.15) is 0 Å². The van der Waals surface area contributed by atoms with Gasteiger partial charge in [0.05, 0.1) is 18.2 Å². The van der Waals surface area contributed by atoms with Crippen molar-refractivity contribution in [2.45, 2.75) is 13.3 Å². The van der Waals surface area contributed by atoms with E-state index in [9.17, 15) is 9.59 Å². The summed E-state index contributed by atoms with van der Waals surface area (Å²) in [4.78, 5) is 22.9. The third-order valence-electron chi connectivity index (χ3n) is 2.08. The number of methoxy groups -OCH3 is 1. The SMILES string of the molecule is CCOC(=O)CC(=O)c1ccc(OC)c(Br)c1. The third-order valence-corrected chi connectivity index (χ3v) is 2.70. The molecule has 1 aromatic rings. The Morgan fingerprint density at radius 3 is 2.59 bits per heavy atom. The summed E-state index contributed by atoms with van der Waals surface area (Å²) in [5.74, 6) is -0.145. The Balaban J connectivity index is 2.76. The largest absolute Gasteiger partial charge is 0.496 e. The maximum Gasteiger partial charge on any atom is 0.313 e. The number of rotatable bonds is 5. The molecule has 0 fully saturated rings. The number of hydrogen-bond acceptors (Lipinski definition) is 4. The minimum absolute atomic E-state index is 0.243. The molecule has 0 spiro atoms. The summed E-state index contributed by atoms with van der Waals surface area (Å²) in [6.07, 6.45) is -0.243. The fraction of sp³-hybridized carbons (Fsp3) is 0.333. The van der Waals surface area contributed by atoms with E-state index in [1.165, 1.54) is 0 Å². The van der Waals surface area contributed by atoms with Crippen LogP contribution in [-0.4, -0.2) is 25.5 Å². The first-order chi connectivity index (χ1) is 8.08. The molecular formula is C12H13BrO4. The van der Waals surface area contributed by atoms with Gasteiger partial charge < -0.3 is 9.47 Å². The van der Waals surface area contributed by atoms with Crippen molar-refractivity contribution < 1.29 is 19.1 Å². The van der Waals surface area contributed by atoms with Crippen LogP contribution < -0.4 is 4.74 Å². The van der Waals surface area contributed by atoms with Crippen molar-refractivity contribution in [3.05, 3.63) is 28.2 Å². The molecule has 0 aliphatic heterocycles. The van der Waals surface area contributed by atoms with Gasteiger partial charge in [0.15, 0.2) is 5.78 Å². The molecule has 5 heteroatoms. The lowest BCUT2D eigenvalue weighted by Crippen LogP contribution is -2.11. The molecule has 0 aliphatic rings. The van der Waals surface area contributed by atoms with Crippen molar-refractivity contribution >= 4 is 27.7 Å². The summed E-state index contributed by atoms with van der Waals surface area (Å²) in [6, 6.07) is 4.91. The van der Waals surface area contributed by atoms with Crippen molar-refractivity contribution in [1.82, 2.24) is 0 Å². The van der Waals surface area contributed by atoms with Gasteiger partial charge in [0.25, 0.3) is 0 Å². The Bertz CT molecular complexity index is 429. The fourth-order valence-corrected chi connectivity index (χ4v) is 1.83. The molecule has 4 nitrogen and oxygen atoms in total. The van der Waals surface area contributed by atoms with Crippen molar-refractivity contribution in [1.29, 1.82) is 0 Å². The summed E-state index contributed by atoms with van der Waals surface area (Å²) >= 11 is 3.28. The Kier molecular flexibility index (Phi) is 5.15. The Morgan fingerprint density at radius 1 is 1.35 bits per heavy atom. The highest BCUT2D eigenvalue weighted by Gasteiger charge is 2.13. The van der Waals surface area contributed by atoms with E-state index in [1.54, 1.807) is 32.2 Å². The zero-order valence-electron chi connectivity index (χ0n) is 9.66.